The number of carbonyl (C=O) groups excluding carboxylic acids is 1. The summed E-state index contributed by atoms with van der Waals surface area (Å²) in [6, 6.07) is 1.20. The van der Waals surface area contributed by atoms with Gasteiger partial charge < -0.3 is 14.6 Å². The summed E-state index contributed by atoms with van der Waals surface area (Å²) in [7, 11) is 2.18. The maximum Gasteiger partial charge on any atom is 0.420 e. The lowest BCUT2D eigenvalue weighted by Gasteiger charge is -2.13. The third-order valence-corrected chi connectivity index (χ3v) is 2.03. The molecule has 17 heavy (non-hydrogen) atoms. The minimum atomic E-state index is -4.73. The van der Waals surface area contributed by atoms with Crippen molar-refractivity contribution in [2.24, 2.45) is 0 Å². The van der Waals surface area contributed by atoms with Crippen LogP contribution in [-0.2, 0) is 10.9 Å². The first-order chi connectivity index (χ1) is 7.81. The SMILES string of the molecule is COC(=O)c1cc(O)c(C(F)(F)F)cc1OC. The molecule has 0 aromatic heterocycles. The largest absolute Gasteiger partial charge is 0.507 e. The molecule has 94 valence electrons. The van der Waals surface area contributed by atoms with Crippen LogP contribution in [0.5, 0.6) is 11.5 Å². The van der Waals surface area contributed by atoms with Crippen LogP contribution in [0.1, 0.15) is 15.9 Å². The Morgan fingerprint density at radius 3 is 2.29 bits per heavy atom. The third-order valence-electron chi connectivity index (χ3n) is 2.03. The summed E-state index contributed by atoms with van der Waals surface area (Å²) in [5.74, 6) is -2.27. The molecule has 0 saturated carbocycles. The lowest BCUT2D eigenvalue weighted by atomic mass is 10.1. The van der Waals surface area contributed by atoms with E-state index in [0.29, 0.717) is 12.1 Å². The van der Waals surface area contributed by atoms with E-state index in [9.17, 15) is 23.1 Å². The van der Waals surface area contributed by atoms with E-state index in [1.807, 2.05) is 0 Å². The molecule has 1 rings (SSSR count). The van der Waals surface area contributed by atoms with Crippen LogP contribution in [-0.4, -0.2) is 25.3 Å². The standard InChI is InChI=1S/C10H9F3O4/c1-16-8-4-6(10(11,12)13)7(14)3-5(8)9(15)17-2/h3-4,14H,1-2H3. The van der Waals surface area contributed by atoms with Gasteiger partial charge in [-0.3, -0.25) is 0 Å². The normalized spacial score (nSPS) is 11.1. The molecule has 0 radical (unpaired) electrons. The second-order valence-corrected chi connectivity index (χ2v) is 3.06. The number of hydrogen-bond acceptors (Lipinski definition) is 4. The highest BCUT2D eigenvalue weighted by Crippen LogP contribution is 2.39. The summed E-state index contributed by atoms with van der Waals surface area (Å²) in [6.07, 6.45) is -4.73. The number of phenolic OH excluding ortho intramolecular Hbond substituents is 1. The molecule has 0 saturated heterocycles. The van der Waals surface area contributed by atoms with Crippen molar-refractivity contribution in [3.63, 3.8) is 0 Å². The van der Waals surface area contributed by atoms with Gasteiger partial charge in [0, 0.05) is 0 Å². The number of phenols is 1. The Balaban J connectivity index is 3.40. The van der Waals surface area contributed by atoms with Crippen LogP contribution in [0.25, 0.3) is 0 Å². The Hall–Kier alpha value is -1.92. The molecule has 1 aromatic rings. The fourth-order valence-corrected chi connectivity index (χ4v) is 1.23. The van der Waals surface area contributed by atoms with Crippen LogP contribution in [0, 0.1) is 0 Å². The molecule has 0 aliphatic carbocycles. The summed E-state index contributed by atoms with van der Waals surface area (Å²) >= 11 is 0. The van der Waals surface area contributed by atoms with Gasteiger partial charge in [0.05, 0.1) is 14.2 Å². The summed E-state index contributed by atoms with van der Waals surface area (Å²) in [4.78, 5) is 11.2. The fourth-order valence-electron chi connectivity index (χ4n) is 1.23. The van der Waals surface area contributed by atoms with Gasteiger partial charge in [-0.1, -0.05) is 0 Å². The van der Waals surface area contributed by atoms with Gasteiger partial charge in [-0.25, -0.2) is 4.79 Å². The van der Waals surface area contributed by atoms with Crippen molar-refractivity contribution in [3.8, 4) is 11.5 Å². The maximum absolute atomic E-state index is 12.4. The van der Waals surface area contributed by atoms with Crippen LogP contribution < -0.4 is 4.74 Å². The average molecular weight is 250 g/mol. The van der Waals surface area contributed by atoms with E-state index in [1.54, 1.807) is 0 Å². The zero-order valence-electron chi connectivity index (χ0n) is 8.96. The zero-order valence-corrected chi connectivity index (χ0v) is 8.96. The molecule has 7 heteroatoms. The van der Waals surface area contributed by atoms with Gasteiger partial charge in [0.25, 0.3) is 0 Å². The van der Waals surface area contributed by atoms with Crippen molar-refractivity contribution in [3.05, 3.63) is 23.3 Å². The smallest absolute Gasteiger partial charge is 0.420 e. The first-order valence-electron chi connectivity index (χ1n) is 4.37. The van der Waals surface area contributed by atoms with Crippen molar-refractivity contribution < 1.29 is 32.5 Å². The van der Waals surface area contributed by atoms with Crippen molar-refractivity contribution in [1.29, 1.82) is 0 Å². The molecule has 0 aliphatic heterocycles. The number of benzene rings is 1. The monoisotopic (exact) mass is 250 g/mol. The van der Waals surface area contributed by atoms with Gasteiger partial charge in [0.1, 0.15) is 22.6 Å². The Labute approximate surface area is 94.6 Å². The van der Waals surface area contributed by atoms with E-state index in [0.717, 1.165) is 14.2 Å². The topological polar surface area (TPSA) is 55.8 Å². The first-order valence-corrected chi connectivity index (χ1v) is 4.37. The molecule has 1 N–H and O–H groups in total. The first kappa shape index (κ1) is 13.1. The summed E-state index contributed by atoms with van der Waals surface area (Å²) in [6.45, 7) is 0. The minimum Gasteiger partial charge on any atom is -0.507 e. The van der Waals surface area contributed by atoms with Crippen LogP contribution >= 0.6 is 0 Å². The molecule has 0 atom stereocenters. The van der Waals surface area contributed by atoms with Gasteiger partial charge in [0.2, 0.25) is 0 Å². The van der Waals surface area contributed by atoms with E-state index < -0.39 is 23.5 Å². The second kappa shape index (κ2) is 4.52. The quantitative estimate of drug-likeness (QED) is 0.817. The number of carbonyl (C=O) groups is 1. The van der Waals surface area contributed by atoms with Crippen molar-refractivity contribution in [2.45, 2.75) is 6.18 Å². The van der Waals surface area contributed by atoms with E-state index >= 15 is 0 Å². The predicted molar refractivity (Wildman–Crippen MR) is 51.0 cm³/mol. The molecule has 0 heterocycles. The average Bonchev–Trinajstić information content (AvgIpc) is 2.26. The highest BCUT2D eigenvalue weighted by atomic mass is 19.4. The summed E-state index contributed by atoms with van der Waals surface area (Å²) < 4.78 is 46.3. The van der Waals surface area contributed by atoms with E-state index in [4.69, 9.17) is 0 Å². The Morgan fingerprint density at radius 1 is 1.29 bits per heavy atom. The molecule has 0 aliphatic rings. The van der Waals surface area contributed by atoms with Gasteiger partial charge in [0.15, 0.2) is 0 Å². The summed E-state index contributed by atoms with van der Waals surface area (Å²) in [5, 5.41) is 9.21. The number of aromatic hydroxyl groups is 1. The Kier molecular flexibility index (Phi) is 3.50. The van der Waals surface area contributed by atoms with Crippen LogP contribution in [0.3, 0.4) is 0 Å². The van der Waals surface area contributed by atoms with Gasteiger partial charge >= 0.3 is 12.1 Å². The van der Waals surface area contributed by atoms with Crippen molar-refractivity contribution in [2.75, 3.05) is 14.2 Å². The van der Waals surface area contributed by atoms with E-state index in [1.165, 1.54) is 0 Å². The van der Waals surface area contributed by atoms with Crippen LogP contribution in [0.2, 0.25) is 0 Å². The number of esters is 1. The highest BCUT2D eigenvalue weighted by Gasteiger charge is 2.35. The molecule has 0 unspecified atom stereocenters. The number of hydrogen-bond donors (Lipinski definition) is 1. The van der Waals surface area contributed by atoms with Crippen LogP contribution in [0.15, 0.2) is 12.1 Å². The molecule has 4 nitrogen and oxygen atoms in total. The Morgan fingerprint density at radius 2 is 1.88 bits per heavy atom. The van der Waals surface area contributed by atoms with Gasteiger partial charge in [-0.15, -0.1) is 0 Å². The molecule has 0 bridgehead atoms. The molecule has 0 spiro atoms. The van der Waals surface area contributed by atoms with Crippen LogP contribution in [0.4, 0.5) is 13.2 Å². The molecular formula is C10H9F3O4. The van der Waals surface area contributed by atoms with Crippen molar-refractivity contribution in [1.82, 2.24) is 0 Å². The summed E-state index contributed by atoms with van der Waals surface area (Å²) in [5.41, 5.74) is -1.55. The maximum atomic E-state index is 12.4. The van der Waals surface area contributed by atoms with Crippen molar-refractivity contribution >= 4 is 5.97 Å². The third kappa shape index (κ3) is 2.61. The molecule has 0 fully saturated rings. The Bertz CT molecular complexity index is 440. The number of rotatable bonds is 2. The number of alkyl halides is 3. The lowest BCUT2D eigenvalue weighted by Crippen LogP contribution is -2.09. The highest BCUT2D eigenvalue weighted by molar-refractivity contribution is 5.93. The molecule has 1 aromatic carbocycles. The number of halogens is 3. The number of ether oxygens (including phenoxy) is 2. The van der Waals surface area contributed by atoms with Gasteiger partial charge in [-0.2, -0.15) is 13.2 Å². The van der Waals surface area contributed by atoms with E-state index in [-0.39, 0.29) is 11.3 Å². The second-order valence-electron chi connectivity index (χ2n) is 3.06. The zero-order chi connectivity index (χ0) is 13.2. The molecular weight excluding hydrogens is 241 g/mol. The van der Waals surface area contributed by atoms with E-state index in [2.05, 4.69) is 9.47 Å². The minimum absolute atomic E-state index is 0.277. The number of methoxy groups -OCH3 is 2. The molecule has 0 amide bonds. The fraction of sp³-hybridized carbons (Fsp3) is 0.300. The lowest BCUT2D eigenvalue weighted by molar-refractivity contribution is -0.138. The predicted octanol–water partition coefficient (Wildman–Crippen LogP) is 2.21. The van der Waals surface area contributed by atoms with Gasteiger partial charge in [-0.05, 0) is 12.1 Å².